The van der Waals surface area contributed by atoms with Crippen molar-refractivity contribution in [3.05, 3.63) is 93.5 Å². The number of ether oxygens (including phenoxy) is 1. The molecule has 0 aliphatic carbocycles. The van der Waals surface area contributed by atoms with Crippen molar-refractivity contribution in [1.82, 2.24) is 19.9 Å². The van der Waals surface area contributed by atoms with Crippen LogP contribution in [0.15, 0.2) is 67.0 Å². The summed E-state index contributed by atoms with van der Waals surface area (Å²) in [6, 6.07) is 17.6. The van der Waals surface area contributed by atoms with Crippen molar-refractivity contribution in [2.75, 3.05) is 5.43 Å². The molecule has 2 N–H and O–H groups in total. The van der Waals surface area contributed by atoms with Crippen LogP contribution in [0.3, 0.4) is 0 Å². The Balaban J connectivity index is 1.54. The number of halogens is 1. The van der Waals surface area contributed by atoms with Crippen molar-refractivity contribution >= 4 is 23.8 Å². The number of hydrogen-bond donors (Lipinski definition) is 2. The van der Waals surface area contributed by atoms with Crippen molar-refractivity contribution in [3.8, 4) is 17.1 Å². The van der Waals surface area contributed by atoms with Gasteiger partial charge in [-0.3, -0.25) is 4.98 Å². The highest BCUT2D eigenvalue weighted by Crippen LogP contribution is 2.25. The SMILES string of the molecule is Cc1cccc(COc2ccc(Cl)cc2CNn2c(-c3ccncc3)n[nH]c2=S)c1. The minimum absolute atomic E-state index is 0.454. The molecule has 0 saturated carbocycles. The number of nitrogens with one attached hydrogen (secondary N) is 2. The predicted octanol–water partition coefficient (Wildman–Crippen LogP) is 5.29. The summed E-state index contributed by atoms with van der Waals surface area (Å²) >= 11 is 11.6. The normalized spacial score (nSPS) is 10.7. The lowest BCUT2D eigenvalue weighted by molar-refractivity contribution is 0.303. The van der Waals surface area contributed by atoms with Crippen molar-refractivity contribution in [2.45, 2.75) is 20.1 Å². The summed E-state index contributed by atoms with van der Waals surface area (Å²) < 4.78 is 8.28. The second kappa shape index (κ2) is 9.11. The van der Waals surface area contributed by atoms with Gasteiger partial charge in [0.15, 0.2) is 5.82 Å². The van der Waals surface area contributed by atoms with Gasteiger partial charge >= 0.3 is 0 Å². The van der Waals surface area contributed by atoms with E-state index in [1.165, 1.54) is 5.56 Å². The van der Waals surface area contributed by atoms with Gasteiger partial charge in [0.25, 0.3) is 0 Å². The summed E-state index contributed by atoms with van der Waals surface area (Å²) in [7, 11) is 0. The molecule has 8 heteroatoms. The van der Waals surface area contributed by atoms with E-state index in [-0.39, 0.29) is 0 Å². The highest BCUT2D eigenvalue weighted by atomic mass is 35.5. The van der Waals surface area contributed by atoms with Gasteiger partial charge in [-0.15, -0.1) is 0 Å². The smallest absolute Gasteiger partial charge is 0.214 e. The van der Waals surface area contributed by atoms with Crippen molar-refractivity contribution in [1.29, 1.82) is 0 Å². The lowest BCUT2D eigenvalue weighted by atomic mass is 10.1. The second-order valence-corrected chi connectivity index (χ2v) is 7.61. The van der Waals surface area contributed by atoms with Crippen LogP contribution in [0.1, 0.15) is 16.7 Å². The average Bonchev–Trinajstić information content (AvgIpc) is 3.12. The van der Waals surface area contributed by atoms with Gasteiger partial charge in [0.05, 0.1) is 6.54 Å². The molecular weight excluding hydrogens is 418 g/mol. The number of benzene rings is 2. The Kier molecular flexibility index (Phi) is 6.11. The molecule has 0 unspecified atom stereocenters. The number of nitrogens with zero attached hydrogens (tertiary/aromatic N) is 3. The van der Waals surface area contributed by atoms with E-state index in [0.29, 0.717) is 28.8 Å². The number of aromatic amines is 1. The first-order valence-electron chi connectivity index (χ1n) is 9.38. The molecule has 0 aliphatic heterocycles. The lowest BCUT2D eigenvalue weighted by Gasteiger charge is -2.15. The zero-order valence-corrected chi connectivity index (χ0v) is 17.9. The zero-order chi connectivity index (χ0) is 20.9. The number of aryl methyl sites for hydroxylation is 1. The summed E-state index contributed by atoms with van der Waals surface area (Å²) in [5.41, 5.74) is 7.43. The van der Waals surface area contributed by atoms with Crippen LogP contribution in [-0.2, 0) is 13.2 Å². The third-order valence-corrected chi connectivity index (χ3v) is 5.05. The van der Waals surface area contributed by atoms with Crippen LogP contribution < -0.4 is 10.2 Å². The Morgan fingerprint density at radius 2 is 1.97 bits per heavy atom. The number of H-pyrrole nitrogens is 1. The summed E-state index contributed by atoms with van der Waals surface area (Å²) in [6.07, 6.45) is 3.43. The predicted molar refractivity (Wildman–Crippen MR) is 121 cm³/mol. The van der Waals surface area contributed by atoms with E-state index in [0.717, 1.165) is 22.4 Å². The number of aromatic nitrogens is 4. The molecule has 2 aromatic heterocycles. The Hall–Kier alpha value is -3.16. The molecular formula is C22H20ClN5OS. The molecule has 0 spiro atoms. The standard InChI is InChI=1S/C22H20ClN5OS/c1-15-3-2-4-16(11-15)14-29-20-6-5-19(23)12-18(20)13-25-28-21(26-27-22(28)30)17-7-9-24-10-8-17/h2-12,25H,13-14H2,1H3,(H,27,30). The Bertz CT molecular complexity index is 1210. The van der Waals surface area contributed by atoms with Crippen LogP contribution in [0.5, 0.6) is 5.75 Å². The highest BCUT2D eigenvalue weighted by molar-refractivity contribution is 7.71. The maximum atomic E-state index is 6.24. The fourth-order valence-electron chi connectivity index (χ4n) is 3.09. The van der Waals surface area contributed by atoms with Crippen LogP contribution in [0.25, 0.3) is 11.4 Å². The number of hydrogen-bond acceptors (Lipinski definition) is 5. The van der Waals surface area contributed by atoms with Crippen LogP contribution in [0.4, 0.5) is 0 Å². The topological polar surface area (TPSA) is 67.8 Å². The van der Waals surface area contributed by atoms with Gasteiger partial charge in [0.1, 0.15) is 12.4 Å². The van der Waals surface area contributed by atoms with Crippen molar-refractivity contribution in [2.24, 2.45) is 0 Å². The first-order valence-corrected chi connectivity index (χ1v) is 10.2. The van der Waals surface area contributed by atoms with E-state index in [9.17, 15) is 0 Å². The van der Waals surface area contributed by atoms with Gasteiger partial charge < -0.3 is 10.2 Å². The molecule has 0 radical (unpaired) electrons. The monoisotopic (exact) mass is 437 g/mol. The summed E-state index contributed by atoms with van der Waals surface area (Å²) in [5, 5.41) is 7.78. The molecule has 30 heavy (non-hydrogen) atoms. The molecule has 0 fully saturated rings. The lowest BCUT2D eigenvalue weighted by Crippen LogP contribution is -2.16. The molecule has 2 aromatic carbocycles. The highest BCUT2D eigenvalue weighted by Gasteiger charge is 2.11. The molecule has 0 amide bonds. The van der Waals surface area contributed by atoms with E-state index in [2.05, 4.69) is 39.7 Å². The minimum atomic E-state index is 0.454. The number of pyridine rings is 1. The molecule has 4 aromatic rings. The molecule has 0 aliphatic rings. The molecule has 6 nitrogen and oxygen atoms in total. The van der Waals surface area contributed by atoms with Gasteiger partial charge in [-0.05, 0) is 55.0 Å². The van der Waals surface area contributed by atoms with Crippen LogP contribution >= 0.6 is 23.8 Å². The van der Waals surface area contributed by atoms with Gasteiger partial charge in [-0.25, -0.2) is 9.77 Å². The quantitative estimate of drug-likeness (QED) is 0.384. The van der Waals surface area contributed by atoms with E-state index in [1.54, 1.807) is 17.1 Å². The molecule has 4 rings (SSSR count). The van der Waals surface area contributed by atoms with Gasteiger partial charge in [0.2, 0.25) is 4.77 Å². The maximum Gasteiger partial charge on any atom is 0.214 e. The van der Waals surface area contributed by atoms with Gasteiger partial charge in [0, 0.05) is 28.5 Å². The fourth-order valence-corrected chi connectivity index (χ4v) is 3.48. The maximum absolute atomic E-state index is 6.24. The Labute approximate surface area is 184 Å². The van der Waals surface area contributed by atoms with Crippen LogP contribution in [0.2, 0.25) is 5.02 Å². The van der Waals surface area contributed by atoms with E-state index in [4.69, 9.17) is 28.6 Å². The molecule has 2 heterocycles. The Morgan fingerprint density at radius 1 is 1.13 bits per heavy atom. The van der Waals surface area contributed by atoms with Gasteiger partial charge in [-0.2, -0.15) is 5.10 Å². The third-order valence-electron chi connectivity index (χ3n) is 4.54. The largest absolute Gasteiger partial charge is 0.489 e. The number of rotatable bonds is 7. The summed E-state index contributed by atoms with van der Waals surface area (Å²) in [5.74, 6) is 1.43. The van der Waals surface area contributed by atoms with Crippen molar-refractivity contribution in [3.63, 3.8) is 0 Å². The molecule has 0 saturated heterocycles. The first-order chi connectivity index (χ1) is 14.6. The average molecular weight is 438 g/mol. The molecule has 0 bridgehead atoms. The van der Waals surface area contributed by atoms with Crippen LogP contribution in [0, 0.1) is 11.7 Å². The Morgan fingerprint density at radius 3 is 2.77 bits per heavy atom. The zero-order valence-electron chi connectivity index (χ0n) is 16.3. The fraction of sp³-hybridized carbons (Fsp3) is 0.136. The molecule has 0 atom stereocenters. The van der Waals surface area contributed by atoms with Crippen LogP contribution in [-0.4, -0.2) is 19.9 Å². The van der Waals surface area contributed by atoms with Crippen molar-refractivity contribution < 1.29 is 4.74 Å². The van der Waals surface area contributed by atoms with Gasteiger partial charge in [-0.1, -0.05) is 41.4 Å². The minimum Gasteiger partial charge on any atom is -0.489 e. The second-order valence-electron chi connectivity index (χ2n) is 6.79. The third kappa shape index (κ3) is 4.69. The van der Waals surface area contributed by atoms with E-state index < -0.39 is 0 Å². The summed E-state index contributed by atoms with van der Waals surface area (Å²) in [4.78, 5) is 4.05. The molecule has 152 valence electrons. The van der Waals surface area contributed by atoms with E-state index >= 15 is 0 Å². The summed E-state index contributed by atoms with van der Waals surface area (Å²) in [6.45, 7) is 3.00. The van der Waals surface area contributed by atoms with E-state index in [1.807, 2.05) is 42.5 Å². The first kappa shape index (κ1) is 20.1.